The largest absolute Gasteiger partial charge is 0.381 e. The van der Waals surface area contributed by atoms with Crippen molar-refractivity contribution in [2.45, 2.75) is 44.7 Å². The molecular formula is C15H22N2. The molecule has 0 aromatic heterocycles. The van der Waals surface area contributed by atoms with Crippen molar-refractivity contribution < 1.29 is 0 Å². The third-order valence-corrected chi connectivity index (χ3v) is 4.04. The van der Waals surface area contributed by atoms with Gasteiger partial charge in [-0.15, -0.1) is 0 Å². The highest BCUT2D eigenvalue weighted by Crippen LogP contribution is 2.30. The number of nitrogens with zero attached hydrogens (tertiary/aromatic N) is 1. The van der Waals surface area contributed by atoms with E-state index < -0.39 is 0 Å². The number of nitrogens with one attached hydrogen (secondary N) is 1. The van der Waals surface area contributed by atoms with Gasteiger partial charge < -0.3 is 5.32 Å². The van der Waals surface area contributed by atoms with Gasteiger partial charge in [0.1, 0.15) is 0 Å². The van der Waals surface area contributed by atoms with Gasteiger partial charge in [0, 0.05) is 30.9 Å². The molecule has 1 aromatic rings. The molecule has 1 saturated heterocycles. The number of anilines is 1. The third-order valence-electron chi connectivity index (χ3n) is 4.04. The smallest absolute Gasteiger partial charge is 0.0400 e. The van der Waals surface area contributed by atoms with Crippen LogP contribution in [0, 0.1) is 0 Å². The highest BCUT2D eigenvalue weighted by Gasteiger charge is 2.34. The summed E-state index contributed by atoms with van der Waals surface area (Å²) in [5.74, 6) is 0. The van der Waals surface area contributed by atoms with E-state index in [0.29, 0.717) is 6.04 Å². The molecule has 17 heavy (non-hydrogen) atoms. The maximum absolute atomic E-state index is 3.73. The molecule has 2 heteroatoms. The fourth-order valence-electron chi connectivity index (χ4n) is 2.87. The van der Waals surface area contributed by atoms with Gasteiger partial charge in [-0.05, 0) is 37.3 Å². The minimum Gasteiger partial charge on any atom is -0.381 e. The molecule has 2 aliphatic rings. The summed E-state index contributed by atoms with van der Waals surface area (Å²) < 4.78 is 0. The lowest BCUT2D eigenvalue weighted by atomic mass is 10.1. The van der Waals surface area contributed by atoms with E-state index in [9.17, 15) is 0 Å². The van der Waals surface area contributed by atoms with E-state index in [1.165, 1.54) is 43.6 Å². The standard InChI is InChI=1S/C15H22N2/c1-2-12-5-3-4-6-15(12)16-13-9-10-17(11-13)14-7-8-14/h3-6,13-14,16H,2,7-11H2,1H3. The van der Waals surface area contributed by atoms with E-state index in [-0.39, 0.29) is 0 Å². The van der Waals surface area contributed by atoms with Crippen LogP contribution >= 0.6 is 0 Å². The predicted molar refractivity (Wildman–Crippen MR) is 72.4 cm³/mol. The first-order valence-electron chi connectivity index (χ1n) is 6.95. The van der Waals surface area contributed by atoms with Gasteiger partial charge in [0.25, 0.3) is 0 Å². The summed E-state index contributed by atoms with van der Waals surface area (Å²) in [5.41, 5.74) is 2.79. The number of aryl methyl sites for hydroxylation is 1. The molecule has 1 unspecified atom stereocenters. The highest BCUT2D eigenvalue weighted by atomic mass is 15.2. The topological polar surface area (TPSA) is 15.3 Å². The normalized spacial score (nSPS) is 25.1. The van der Waals surface area contributed by atoms with E-state index in [2.05, 4.69) is 41.4 Å². The van der Waals surface area contributed by atoms with Crippen LogP contribution in [0.4, 0.5) is 5.69 Å². The average molecular weight is 230 g/mol. The summed E-state index contributed by atoms with van der Waals surface area (Å²) >= 11 is 0. The second-order valence-electron chi connectivity index (χ2n) is 5.37. The van der Waals surface area contributed by atoms with E-state index in [0.717, 1.165) is 12.5 Å². The van der Waals surface area contributed by atoms with Crippen LogP contribution in [-0.2, 0) is 6.42 Å². The van der Waals surface area contributed by atoms with Gasteiger partial charge in [0.2, 0.25) is 0 Å². The minimum absolute atomic E-state index is 0.656. The van der Waals surface area contributed by atoms with Crippen LogP contribution in [-0.4, -0.2) is 30.1 Å². The lowest BCUT2D eigenvalue weighted by Gasteiger charge is -2.18. The first-order valence-corrected chi connectivity index (χ1v) is 6.95. The fourth-order valence-corrected chi connectivity index (χ4v) is 2.87. The van der Waals surface area contributed by atoms with E-state index in [1.807, 2.05) is 0 Å². The molecule has 1 saturated carbocycles. The first-order chi connectivity index (χ1) is 8.36. The molecule has 0 amide bonds. The number of rotatable bonds is 4. The van der Waals surface area contributed by atoms with E-state index >= 15 is 0 Å². The Labute approximate surface area is 104 Å². The molecule has 1 aromatic carbocycles. The molecule has 0 bridgehead atoms. The summed E-state index contributed by atoms with van der Waals surface area (Å²) in [6.45, 7) is 4.75. The number of likely N-dealkylation sites (tertiary alicyclic amines) is 1. The summed E-state index contributed by atoms with van der Waals surface area (Å²) in [7, 11) is 0. The molecule has 2 nitrogen and oxygen atoms in total. The maximum Gasteiger partial charge on any atom is 0.0400 e. The maximum atomic E-state index is 3.73. The van der Waals surface area contributed by atoms with Gasteiger partial charge in [0.05, 0.1) is 0 Å². The SMILES string of the molecule is CCc1ccccc1NC1CCN(C2CC2)C1. The fraction of sp³-hybridized carbons (Fsp3) is 0.600. The Morgan fingerprint density at radius 3 is 2.82 bits per heavy atom. The van der Waals surface area contributed by atoms with Crippen molar-refractivity contribution in [1.29, 1.82) is 0 Å². The molecule has 1 aliphatic heterocycles. The zero-order chi connectivity index (χ0) is 11.7. The first kappa shape index (κ1) is 11.1. The molecule has 1 N–H and O–H groups in total. The lowest BCUT2D eigenvalue weighted by molar-refractivity contribution is 0.326. The number of hydrogen-bond donors (Lipinski definition) is 1. The highest BCUT2D eigenvalue weighted by molar-refractivity contribution is 5.52. The minimum atomic E-state index is 0.656. The Balaban J connectivity index is 1.62. The number of hydrogen-bond acceptors (Lipinski definition) is 2. The second kappa shape index (κ2) is 4.69. The van der Waals surface area contributed by atoms with Crippen LogP contribution in [0.15, 0.2) is 24.3 Å². The van der Waals surface area contributed by atoms with E-state index in [4.69, 9.17) is 0 Å². The summed E-state index contributed by atoms with van der Waals surface area (Å²) in [4.78, 5) is 2.66. The Bertz CT molecular complexity index is 384. The van der Waals surface area contributed by atoms with Crippen LogP contribution in [0.1, 0.15) is 31.7 Å². The van der Waals surface area contributed by atoms with Gasteiger partial charge in [-0.3, -0.25) is 4.90 Å². The molecule has 2 fully saturated rings. The zero-order valence-corrected chi connectivity index (χ0v) is 10.7. The van der Waals surface area contributed by atoms with Gasteiger partial charge in [-0.2, -0.15) is 0 Å². The summed E-state index contributed by atoms with van der Waals surface area (Å²) in [6, 6.07) is 10.3. The Morgan fingerprint density at radius 2 is 2.06 bits per heavy atom. The molecule has 1 heterocycles. The van der Waals surface area contributed by atoms with Crippen LogP contribution in [0.25, 0.3) is 0 Å². The van der Waals surface area contributed by atoms with Crippen molar-refractivity contribution in [2.24, 2.45) is 0 Å². The molecule has 0 radical (unpaired) electrons. The number of para-hydroxylation sites is 1. The van der Waals surface area contributed by atoms with Gasteiger partial charge in [-0.25, -0.2) is 0 Å². The molecule has 92 valence electrons. The Morgan fingerprint density at radius 1 is 1.24 bits per heavy atom. The zero-order valence-electron chi connectivity index (χ0n) is 10.7. The molecular weight excluding hydrogens is 208 g/mol. The summed E-state index contributed by atoms with van der Waals surface area (Å²) in [5, 5.41) is 3.73. The van der Waals surface area contributed by atoms with Crippen molar-refractivity contribution in [3.8, 4) is 0 Å². The van der Waals surface area contributed by atoms with Crippen molar-refractivity contribution in [3.05, 3.63) is 29.8 Å². The van der Waals surface area contributed by atoms with Crippen molar-refractivity contribution in [1.82, 2.24) is 4.90 Å². The summed E-state index contributed by atoms with van der Waals surface area (Å²) in [6.07, 6.45) is 5.27. The second-order valence-corrected chi connectivity index (χ2v) is 5.37. The lowest BCUT2D eigenvalue weighted by Crippen LogP contribution is -2.28. The molecule has 0 spiro atoms. The predicted octanol–water partition coefficient (Wildman–Crippen LogP) is 2.90. The van der Waals surface area contributed by atoms with Gasteiger partial charge >= 0.3 is 0 Å². The van der Waals surface area contributed by atoms with Gasteiger partial charge in [0.15, 0.2) is 0 Å². The van der Waals surface area contributed by atoms with Crippen molar-refractivity contribution in [3.63, 3.8) is 0 Å². The molecule has 1 atom stereocenters. The quantitative estimate of drug-likeness (QED) is 0.855. The Kier molecular flexibility index (Phi) is 3.06. The van der Waals surface area contributed by atoms with Crippen molar-refractivity contribution in [2.75, 3.05) is 18.4 Å². The average Bonchev–Trinajstić information content (AvgIpc) is 3.11. The molecule has 3 rings (SSSR count). The monoisotopic (exact) mass is 230 g/mol. The van der Waals surface area contributed by atoms with Gasteiger partial charge in [-0.1, -0.05) is 25.1 Å². The Hall–Kier alpha value is -1.02. The van der Waals surface area contributed by atoms with Crippen LogP contribution in [0.5, 0.6) is 0 Å². The number of benzene rings is 1. The van der Waals surface area contributed by atoms with Crippen LogP contribution in [0.2, 0.25) is 0 Å². The van der Waals surface area contributed by atoms with E-state index in [1.54, 1.807) is 0 Å². The van der Waals surface area contributed by atoms with Crippen LogP contribution in [0.3, 0.4) is 0 Å². The van der Waals surface area contributed by atoms with Crippen LogP contribution < -0.4 is 5.32 Å². The van der Waals surface area contributed by atoms with Crippen molar-refractivity contribution >= 4 is 5.69 Å². The molecule has 1 aliphatic carbocycles. The third kappa shape index (κ3) is 2.47.